The molecule has 1 atom stereocenters. The molecular weight excluding hydrogens is 172 g/mol. The van der Waals surface area contributed by atoms with E-state index in [0.29, 0.717) is 0 Å². The van der Waals surface area contributed by atoms with Gasteiger partial charge in [0.1, 0.15) is 0 Å². The highest BCUT2D eigenvalue weighted by Gasteiger charge is 2.21. The summed E-state index contributed by atoms with van der Waals surface area (Å²) in [6, 6.07) is 0.769. The molecule has 1 fully saturated rings. The Morgan fingerprint density at radius 1 is 1.57 bits per heavy atom. The molecule has 14 heavy (non-hydrogen) atoms. The molecule has 1 saturated heterocycles. The molecule has 2 heteroatoms. The van der Waals surface area contributed by atoms with Gasteiger partial charge < -0.3 is 9.80 Å². The van der Waals surface area contributed by atoms with Crippen molar-refractivity contribution in [2.24, 2.45) is 0 Å². The summed E-state index contributed by atoms with van der Waals surface area (Å²) in [5.74, 6) is 2.69. The van der Waals surface area contributed by atoms with Crippen LogP contribution < -0.4 is 0 Å². The third kappa shape index (κ3) is 3.69. The maximum absolute atomic E-state index is 5.22. The van der Waals surface area contributed by atoms with Gasteiger partial charge >= 0.3 is 0 Å². The number of unbranched alkanes of at least 4 members (excludes halogenated alkanes) is 1. The van der Waals surface area contributed by atoms with Gasteiger partial charge in [-0.1, -0.05) is 0 Å². The van der Waals surface area contributed by atoms with Gasteiger partial charge in [0.2, 0.25) is 0 Å². The molecule has 80 valence electrons. The lowest BCUT2D eigenvalue weighted by Gasteiger charge is -2.25. The summed E-state index contributed by atoms with van der Waals surface area (Å²) in [5, 5.41) is 0. The Morgan fingerprint density at radius 3 is 2.93 bits per heavy atom. The molecule has 0 aromatic carbocycles. The molecule has 0 N–H and O–H groups in total. The number of hydrogen-bond acceptors (Lipinski definition) is 2. The zero-order chi connectivity index (χ0) is 10.4. The number of likely N-dealkylation sites (N-methyl/N-ethyl adjacent to an activating group) is 2. The zero-order valence-corrected chi connectivity index (χ0v) is 9.50. The predicted octanol–water partition coefficient (Wildman–Crippen LogP) is 1.43. The van der Waals surface area contributed by atoms with Gasteiger partial charge in [0.25, 0.3) is 0 Å². The summed E-state index contributed by atoms with van der Waals surface area (Å²) in [6.45, 7) is 3.60. The molecule has 0 spiro atoms. The van der Waals surface area contributed by atoms with Crippen LogP contribution in [0.3, 0.4) is 0 Å². The zero-order valence-electron chi connectivity index (χ0n) is 9.50. The average Bonchev–Trinajstić information content (AvgIpc) is 2.52. The fourth-order valence-electron chi connectivity index (χ4n) is 2.11. The van der Waals surface area contributed by atoms with Crippen molar-refractivity contribution in [3.8, 4) is 12.3 Å². The van der Waals surface area contributed by atoms with Crippen molar-refractivity contribution in [3.63, 3.8) is 0 Å². The molecule has 0 bridgehead atoms. The van der Waals surface area contributed by atoms with E-state index >= 15 is 0 Å². The van der Waals surface area contributed by atoms with E-state index in [4.69, 9.17) is 6.42 Å². The highest BCUT2D eigenvalue weighted by molar-refractivity contribution is 4.84. The normalized spacial score (nSPS) is 22.9. The van der Waals surface area contributed by atoms with Crippen molar-refractivity contribution in [2.75, 3.05) is 33.7 Å². The van der Waals surface area contributed by atoms with Crippen LogP contribution in [0.4, 0.5) is 0 Å². The van der Waals surface area contributed by atoms with Gasteiger partial charge in [0.05, 0.1) is 0 Å². The van der Waals surface area contributed by atoms with Gasteiger partial charge in [-0.15, -0.1) is 12.3 Å². The third-order valence-electron chi connectivity index (χ3n) is 3.05. The average molecular weight is 194 g/mol. The highest BCUT2D eigenvalue weighted by atomic mass is 15.2. The fourth-order valence-corrected chi connectivity index (χ4v) is 2.11. The Balaban J connectivity index is 2.13. The molecule has 0 aliphatic carbocycles. The van der Waals surface area contributed by atoms with Gasteiger partial charge in [-0.05, 0) is 46.4 Å². The second-order valence-corrected chi connectivity index (χ2v) is 4.35. The molecule has 0 amide bonds. The second kappa shape index (κ2) is 6.06. The first-order valence-corrected chi connectivity index (χ1v) is 5.56. The van der Waals surface area contributed by atoms with E-state index in [2.05, 4.69) is 29.8 Å². The number of rotatable bonds is 5. The molecule has 0 radical (unpaired) electrons. The largest absolute Gasteiger partial charge is 0.305 e. The van der Waals surface area contributed by atoms with Crippen LogP contribution in [-0.4, -0.2) is 49.6 Å². The number of likely N-dealkylation sites (tertiary alicyclic amines) is 1. The highest BCUT2D eigenvalue weighted by Crippen LogP contribution is 2.15. The third-order valence-corrected chi connectivity index (χ3v) is 3.05. The summed E-state index contributed by atoms with van der Waals surface area (Å²) in [6.07, 6.45) is 9.98. The second-order valence-electron chi connectivity index (χ2n) is 4.35. The van der Waals surface area contributed by atoms with Gasteiger partial charge in [0, 0.05) is 19.0 Å². The fraction of sp³-hybridized carbons (Fsp3) is 0.833. The predicted molar refractivity (Wildman–Crippen MR) is 61.2 cm³/mol. The molecule has 1 unspecified atom stereocenters. The molecule has 0 aromatic heterocycles. The van der Waals surface area contributed by atoms with Crippen LogP contribution in [0.15, 0.2) is 0 Å². The van der Waals surface area contributed by atoms with E-state index in [0.717, 1.165) is 25.4 Å². The van der Waals surface area contributed by atoms with Crippen molar-refractivity contribution in [1.82, 2.24) is 9.80 Å². The summed E-state index contributed by atoms with van der Waals surface area (Å²) < 4.78 is 0. The van der Waals surface area contributed by atoms with E-state index in [9.17, 15) is 0 Å². The molecule has 2 nitrogen and oxygen atoms in total. The van der Waals surface area contributed by atoms with Crippen molar-refractivity contribution in [3.05, 3.63) is 0 Å². The molecule has 0 saturated carbocycles. The summed E-state index contributed by atoms with van der Waals surface area (Å²) in [4.78, 5) is 4.88. The lowest BCUT2D eigenvalue weighted by atomic mass is 10.2. The standard InChI is InChI=1S/C12H22N2/c1-4-5-6-9-13(2)11-12-8-7-10-14(12)3/h1,12H,5-11H2,2-3H3. The van der Waals surface area contributed by atoms with Crippen molar-refractivity contribution < 1.29 is 0 Å². The first kappa shape index (κ1) is 11.6. The van der Waals surface area contributed by atoms with Crippen LogP contribution in [0, 0.1) is 12.3 Å². The Hall–Kier alpha value is -0.520. The van der Waals surface area contributed by atoms with Gasteiger partial charge in [-0.25, -0.2) is 0 Å². The van der Waals surface area contributed by atoms with Crippen molar-refractivity contribution in [1.29, 1.82) is 0 Å². The molecular formula is C12H22N2. The van der Waals surface area contributed by atoms with E-state index < -0.39 is 0 Å². The van der Waals surface area contributed by atoms with E-state index in [1.807, 2.05) is 0 Å². The quantitative estimate of drug-likeness (QED) is 0.482. The minimum absolute atomic E-state index is 0.769. The lowest BCUT2D eigenvalue weighted by Crippen LogP contribution is -2.36. The molecule has 1 aliphatic rings. The smallest absolute Gasteiger partial charge is 0.0220 e. The van der Waals surface area contributed by atoms with Gasteiger partial charge in [-0.2, -0.15) is 0 Å². The van der Waals surface area contributed by atoms with Crippen LogP contribution in [-0.2, 0) is 0 Å². The van der Waals surface area contributed by atoms with Gasteiger partial charge in [-0.3, -0.25) is 0 Å². The molecule has 1 heterocycles. The SMILES string of the molecule is C#CCCCN(C)CC1CCCN1C. The minimum Gasteiger partial charge on any atom is -0.305 e. The summed E-state index contributed by atoms with van der Waals surface area (Å²) in [5.41, 5.74) is 0. The number of terminal acetylenes is 1. The Bertz CT molecular complexity index is 195. The van der Waals surface area contributed by atoms with Crippen LogP contribution >= 0.6 is 0 Å². The minimum atomic E-state index is 0.769. The first-order valence-electron chi connectivity index (χ1n) is 5.56. The number of nitrogens with zero attached hydrogens (tertiary/aromatic N) is 2. The van der Waals surface area contributed by atoms with E-state index in [1.54, 1.807) is 0 Å². The van der Waals surface area contributed by atoms with Crippen LogP contribution in [0.1, 0.15) is 25.7 Å². The van der Waals surface area contributed by atoms with Crippen molar-refractivity contribution in [2.45, 2.75) is 31.7 Å². The Labute approximate surface area is 88.3 Å². The Kier molecular flexibility index (Phi) is 5.00. The maximum Gasteiger partial charge on any atom is 0.0220 e. The molecule has 1 rings (SSSR count). The summed E-state index contributed by atoms with van der Waals surface area (Å²) in [7, 11) is 4.43. The van der Waals surface area contributed by atoms with Gasteiger partial charge in [0.15, 0.2) is 0 Å². The topological polar surface area (TPSA) is 6.48 Å². The lowest BCUT2D eigenvalue weighted by molar-refractivity contribution is 0.219. The Morgan fingerprint density at radius 2 is 2.36 bits per heavy atom. The number of hydrogen-bond donors (Lipinski definition) is 0. The summed E-state index contributed by atoms with van der Waals surface area (Å²) >= 11 is 0. The first-order chi connectivity index (χ1) is 6.74. The van der Waals surface area contributed by atoms with E-state index in [1.165, 1.54) is 25.9 Å². The van der Waals surface area contributed by atoms with Crippen LogP contribution in [0.2, 0.25) is 0 Å². The molecule has 0 aromatic rings. The van der Waals surface area contributed by atoms with Crippen molar-refractivity contribution >= 4 is 0 Å². The van der Waals surface area contributed by atoms with E-state index in [-0.39, 0.29) is 0 Å². The monoisotopic (exact) mass is 194 g/mol. The molecule has 1 aliphatic heterocycles. The van der Waals surface area contributed by atoms with Crippen LogP contribution in [0.5, 0.6) is 0 Å². The maximum atomic E-state index is 5.22. The van der Waals surface area contributed by atoms with Crippen LogP contribution in [0.25, 0.3) is 0 Å².